The van der Waals surface area contributed by atoms with Crippen LogP contribution in [0.1, 0.15) is 11.7 Å². The highest BCUT2D eigenvalue weighted by Crippen LogP contribution is 2.32. The number of rotatable bonds is 3. The Balaban J connectivity index is 3.35. The fourth-order valence-electron chi connectivity index (χ4n) is 1.10. The van der Waals surface area contributed by atoms with Crippen LogP contribution in [0, 0.1) is 5.82 Å². The first-order valence-electron chi connectivity index (χ1n) is 3.91. The summed E-state index contributed by atoms with van der Waals surface area (Å²) in [5, 5.41) is 17.9. The third-order valence-corrected chi connectivity index (χ3v) is 2.43. The van der Waals surface area contributed by atoms with E-state index < -0.39 is 17.9 Å². The fourth-order valence-corrected chi connectivity index (χ4v) is 1.45. The van der Waals surface area contributed by atoms with Gasteiger partial charge in [-0.15, -0.1) is 0 Å². The predicted octanol–water partition coefficient (Wildman–Crippen LogP) is 1.71. The molecule has 1 atom stereocenters. The van der Waals surface area contributed by atoms with E-state index in [0.717, 1.165) is 0 Å². The SMILES string of the molecule is COc1ccc(Br)c(F)c1C(O)C(=O)O. The van der Waals surface area contributed by atoms with Gasteiger partial charge in [0.15, 0.2) is 6.10 Å². The predicted molar refractivity (Wildman–Crippen MR) is 53.2 cm³/mol. The third kappa shape index (κ3) is 2.27. The van der Waals surface area contributed by atoms with Crippen LogP contribution in [0.5, 0.6) is 5.75 Å². The highest BCUT2D eigenvalue weighted by molar-refractivity contribution is 9.10. The number of carboxylic acids is 1. The minimum atomic E-state index is -1.95. The van der Waals surface area contributed by atoms with Gasteiger partial charge in [-0.05, 0) is 28.1 Å². The summed E-state index contributed by atoms with van der Waals surface area (Å²) in [6.07, 6.45) is -1.95. The Bertz CT molecular complexity index is 394. The highest BCUT2D eigenvalue weighted by Gasteiger charge is 2.25. The summed E-state index contributed by atoms with van der Waals surface area (Å²) in [5.74, 6) is -2.39. The van der Waals surface area contributed by atoms with Gasteiger partial charge in [0.05, 0.1) is 17.1 Å². The minimum absolute atomic E-state index is 0.00870. The first-order valence-corrected chi connectivity index (χ1v) is 4.71. The van der Waals surface area contributed by atoms with Crippen LogP contribution < -0.4 is 4.74 Å². The van der Waals surface area contributed by atoms with E-state index in [2.05, 4.69) is 15.9 Å². The quantitative estimate of drug-likeness (QED) is 0.884. The summed E-state index contributed by atoms with van der Waals surface area (Å²) in [5.41, 5.74) is -0.389. The number of hydrogen-bond donors (Lipinski definition) is 2. The number of carbonyl (C=O) groups is 1. The van der Waals surface area contributed by atoms with E-state index in [1.54, 1.807) is 0 Å². The third-order valence-electron chi connectivity index (χ3n) is 1.82. The van der Waals surface area contributed by atoms with Crippen molar-refractivity contribution in [1.29, 1.82) is 0 Å². The molecule has 0 heterocycles. The molecule has 0 aliphatic rings. The molecule has 82 valence electrons. The van der Waals surface area contributed by atoms with Gasteiger partial charge in [-0.2, -0.15) is 0 Å². The van der Waals surface area contributed by atoms with Gasteiger partial charge >= 0.3 is 5.97 Å². The van der Waals surface area contributed by atoms with Gasteiger partial charge in [0, 0.05) is 0 Å². The second-order valence-electron chi connectivity index (χ2n) is 2.72. The maximum absolute atomic E-state index is 13.5. The molecule has 1 rings (SSSR count). The number of aliphatic carboxylic acids is 1. The highest BCUT2D eigenvalue weighted by atomic mass is 79.9. The van der Waals surface area contributed by atoms with E-state index in [1.165, 1.54) is 19.2 Å². The summed E-state index contributed by atoms with van der Waals surface area (Å²) in [6.45, 7) is 0. The van der Waals surface area contributed by atoms with Crippen LogP contribution >= 0.6 is 15.9 Å². The molecule has 1 aromatic carbocycles. The van der Waals surface area contributed by atoms with Crippen LogP contribution in [-0.4, -0.2) is 23.3 Å². The normalized spacial score (nSPS) is 12.3. The van der Waals surface area contributed by atoms with Gasteiger partial charge in [0.25, 0.3) is 0 Å². The summed E-state index contributed by atoms with van der Waals surface area (Å²) in [7, 11) is 1.26. The standard InChI is InChI=1S/C9H8BrFO4/c1-15-5-3-2-4(10)7(11)6(5)8(12)9(13)14/h2-3,8,12H,1H3,(H,13,14). The molecule has 0 aliphatic heterocycles. The van der Waals surface area contributed by atoms with Gasteiger partial charge < -0.3 is 14.9 Å². The molecule has 0 saturated heterocycles. The second kappa shape index (κ2) is 4.59. The van der Waals surface area contributed by atoms with E-state index in [9.17, 15) is 14.3 Å². The lowest BCUT2D eigenvalue weighted by Crippen LogP contribution is -2.13. The van der Waals surface area contributed by atoms with Crippen LogP contribution in [-0.2, 0) is 4.79 Å². The maximum atomic E-state index is 13.5. The van der Waals surface area contributed by atoms with Gasteiger partial charge in [-0.25, -0.2) is 9.18 Å². The number of aliphatic hydroxyl groups is 1. The van der Waals surface area contributed by atoms with E-state index in [-0.39, 0.29) is 15.8 Å². The largest absolute Gasteiger partial charge is 0.496 e. The van der Waals surface area contributed by atoms with Crippen molar-refractivity contribution in [2.45, 2.75) is 6.10 Å². The number of carboxylic acid groups (broad SMARTS) is 1. The average molecular weight is 279 g/mol. The van der Waals surface area contributed by atoms with Gasteiger partial charge in [0.2, 0.25) is 0 Å². The number of methoxy groups -OCH3 is 1. The molecule has 6 heteroatoms. The molecule has 0 spiro atoms. The Labute approximate surface area is 93.4 Å². The Morgan fingerprint density at radius 1 is 1.60 bits per heavy atom. The zero-order valence-corrected chi connectivity index (χ0v) is 9.28. The molecule has 0 aliphatic carbocycles. The molecular weight excluding hydrogens is 271 g/mol. The van der Waals surface area contributed by atoms with Crippen molar-refractivity contribution in [2.24, 2.45) is 0 Å². The second-order valence-corrected chi connectivity index (χ2v) is 3.57. The summed E-state index contributed by atoms with van der Waals surface area (Å²) in [4.78, 5) is 10.5. The molecule has 0 bridgehead atoms. The van der Waals surface area contributed by atoms with Crippen LogP contribution in [0.15, 0.2) is 16.6 Å². The zero-order chi connectivity index (χ0) is 11.6. The van der Waals surface area contributed by atoms with Crippen molar-refractivity contribution < 1.29 is 24.1 Å². The monoisotopic (exact) mass is 278 g/mol. The van der Waals surface area contributed by atoms with Crippen molar-refractivity contribution in [3.63, 3.8) is 0 Å². The van der Waals surface area contributed by atoms with Gasteiger partial charge in [-0.3, -0.25) is 0 Å². The van der Waals surface area contributed by atoms with Crippen LogP contribution in [0.25, 0.3) is 0 Å². The number of benzene rings is 1. The van der Waals surface area contributed by atoms with Crippen molar-refractivity contribution in [2.75, 3.05) is 7.11 Å². The molecule has 0 saturated carbocycles. The fraction of sp³-hybridized carbons (Fsp3) is 0.222. The topological polar surface area (TPSA) is 66.8 Å². The molecule has 4 nitrogen and oxygen atoms in total. The van der Waals surface area contributed by atoms with Crippen molar-refractivity contribution in [3.8, 4) is 5.75 Å². The Morgan fingerprint density at radius 3 is 2.67 bits per heavy atom. The Morgan fingerprint density at radius 2 is 2.20 bits per heavy atom. The molecule has 1 unspecified atom stereocenters. The van der Waals surface area contributed by atoms with Crippen molar-refractivity contribution >= 4 is 21.9 Å². The molecular formula is C9H8BrFO4. The summed E-state index contributed by atoms with van der Waals surface area (Å²) in [6, 6.07) is 2.74. The molecule has 0 aromatic heterocycles. The number of ether oxygens (including phenoxy) is 1. The Hall–Kier alpha value is -1.14. The molecule has 0 fully saturated rings. The molecule has 0 radical (unpaired) electrons. The molecule has 2 N–H and O–H groups in total. The number of halogens is 2. The zero-order valence-electron chi connectivity index (χ0n) is 7.70. The number of aliphatic hydroxyl groups excluding tert-OH is 1. The van der Waals surface area contributed by atoms with E-state index >= 15 is 0 Å². The van der Waals surface area contributed by atoms with Gasteiger partial charge in [0.1, 0.15) is 11.6 Å². The lowest BCUT2D eigenvalue weighted by atomic mass is 10.1. The molecule has 15 heavy (non-hydrogen) atoms. The molecule has 0 amide bonds. The van der Waals surface area contributed by atoms with Crippen LogP contribution in [0.3, 0.4) is 0 Å². The van der Waals surface area contributed by atoms with Crippen LogP contribution in [0.2, 0.25) is 0 Å². The summed E-state index contributed by atoms with van der Waals surface area (Å²) < 4.78 is 18.3. The number of hydrogen-bond acceptors (Lipinski definition) is 3. The van der Waals surface area contributed by atoms with E-state index in [0.29, 0.717) is 0 Å². The first kappa shape index (κ1) is 11.9. The Kier molecular flexibility index (Phi) is 3.65. The maximum Gasteiger partial charge on any atom is 0.337 e. The lowest BCUT2D eigenvalue weighted by molar-refractivity contribution is -0.147. The smallest absolute Gasteiger partial charge is 0.337 e. The van der Waals surface area contributed by atoms with Crippen molar-refractivity contribution in [1.82, 2.24) is 0 Å². The first-order chi connectivity index (χ1) is 6.99. The van der Waals surface area contributed by atoms with Crippen LogP contribution in [0.4, 0.5) is 4.39 Å². The lowest BCUT2D eigenvalue weighted by Gasteiger charge is -2.12. The van der Waals surface area contributed by atoms with Gasteiger partial charge in [-0.1, -0.05) is 0 Å². The molecule has 1 aromatic rings. The summed E-state index contributed by atoms with van der Waals surface area (Å²) >= 11 is 2.89. The minimum Gasteiger partial charge on any atom is -0.496 e. The van der Waals surface area contributed by atoms with E-state index in [4.69, 9.17) is 9.84 Å². The average Bonchev–Trinajstić information content (AvgIpc) is 2.20. The van der Waals surface area contributed by atoms with E-state index in [1.807, 2.05) is 0 Å². The van der Waals surface area contributed by atoms with Crippen molar-refractivity contribution in [3.05, 3.63) is 28.0 Å².